The van der Waals surface area contributed by atoms with Gasteiger partial charge < -0.3 is 14.7 Å². The molecule has 0 radical (unpaired) electrons. The van der Waals surface area contributed by atoms with E-state index in [1.54, 1.807) is 17.0 Å². The molecule has 2 heterocycles. The summed E-state index contributed by atoms with van der Waals surface area (Å²) in [6.07, 6.45) is 2.13. The van der Waals surface area contributed by atoms with E-state index in [9.17, 15) is 14.7 Å². The lowest BCUT2D eigenvalue weighted by molar-refractivity contribution is 0.0204. The van der Waals surface area contributed by atoms with Crippen LogP contribution in [-0.2, 0) is 11.2 Å². The molecule has 0 spiro atoms. The smallest absolute Gasteiger partial charge is 0.410 e. The molecule has 5 rings (SSSR count). The maximum atomic E-state index is 12.4. The monoisotopic (exact) mass is 510 g/mol. The van der Waals surface area contributed by atoms with Crippen molar-refractivity contribution in [1.29, 1.82) is 0 Å². The Kier molecular flexibility index (Phi) is 6.82. The average molecular weight is 511 g/mol. The Hall–Kier alpha value is -3.93. The van der Waals surface area contributed by atoms with Crippen LogP contribution in [0.2, 0.25) is 0 Å². The van der Waals surface area contributed by atoms with Gasteiger partial charge in [0.25, 0.3) is 0 Å². The Morgan fingerprint density at radius 2 is 1.58 bits per heavy atom. The molecule has 3 aromatic rings. The van der Waals surface area contributed by atoms with E-state index in [1.807, 2.05) is 20.8 Å². The Labute approximate surface area is 224 Å². The third-order valence-corrected chi connectivity index (χ3v) is 7.26. The van der Waals surface area contributed by atoms with Gasteiger partial charge >= 0.3 is 12.1 Å². The van der Waals surface area contributed by atoms with Gasteiger partial charge in [-0.2, -0.15) is 0 Å². The number of nitrogens with zero attached hydrogens (tertiary/aromatic N) is 2. The summed E-state index contributed by atoms with van der Waals surface area (Å²) in [5.41, 5.74) is 7.80. The third-order valence-electron chi connectivity index (χ3n) is 7.26. The van der Waals surface area contributed by atoms with E-state index in [0.29, 0.717) is 25.4 Å². The van der Waals surface area contributed by atoms with Crippen LogP contribution in [0.3, 0.4) is 0 Å². The average Bonchev–Trinajstić information content (AvgIpc) is 3.32. The van der Waals surface area contributed by atoms with Crippen molar-refractivity contribution in [2.75, 3.05) is 13.1 Å². The fourth-order valence-electron chi connectivity index (χ4n) is 5.23. The van der Waals surface area contributed by atoms with Crippen LogP contribution in [0.5, 0.6) is 0 Å². The van der Waals surface area contributed by atoms with Gasteiger partial charge in [-0.3, -0.25) is 4.99 Å². The number of carboxylic acid groups (broad SMARTS) is 1. The Balaban J connectivity index is 1.37. The lowest BCUT2D eigenvalue weighted by Gasteiger charge is -2.33. The predicted molar refractivity (Wildman–Crippen MR) is 150 cm³/mol. The van der Waals surface area contributed by atoms with E-state index in [-0.39, 0.29) is 11.7 Å². The van der Waals surface area contributed by atoms with E-state index in [4.69, 9.17) is 9.73 Å². The number of carbonyl (C=O) groups excluding carboxylic acids is 1. The predicted octanol–water partition coefficient (Wildman–Crippen LogP) is 7.15. The van der Waals surface area contributed by atoms with Gasteiger partial charge in [-0.05, 0) is 80.8 Å². The number of ether oxygens (including phenoxy) is 1. The first kappa shape index (κ1) is 25.7. The minimum Gasteiger partial charge on any atom is -0.478 e. The number of fused-ring (bicyclic) bond motifs is 1. The fourth-order valence-corrected chi connectivity index (χ4v) is 5.23. The van der Waals surface area contributed by atoms with Crippen molar-refractivity contribution in [2.45, 2.75) is 58.5 Å². The number of aliphatic imine (C=N–C) groups is 1. The van der Waals surface area contributed by atoms with Crippen molar-refractivity contribution in [3.05, 3.63) is 88.5 Å². The number of benzene rings is 3. The summed E-state index contributed by atoms with van der Waals surface area (Å²) in [5, 5.41) is 9.76. The number of aromatic carboxylic acids is 1. The highest BCUT2D eigenvalue weighted by Crippen LogP contribution is 2.40. The zero-order chi connectivity index (χ0) is 27.0. The van der Waals surface area contributed by atoms with Gasteiger partial charge in [0.05, 0.1) is 17.0 Å². The molecular weight excluding hydrogens is 476 g/mol. The molecule has 3 aromatic carbocycles. The zero-order valence-electron chi connectivity index (χ0n) is 22.5. The number of carboxylic acids is 1. The minimum absolute atomic E-state index is 0.246. The molecule has 0 bridgehead atoms. The highest BCUT2D eigenvalue weighted by molar-refractivity contribution is 6.09. The van der Waals surface area contributed by atoms with Crippen LogP contribution < -0.4 is 0 Å². The molecule has 0 aromatic heterocycles. The van der Waals surface area contributed by atoms with E-state index in [0.717, 1.165) is 46.5 Å². The first-order valence-corrected chi connectivity index (χ1v) is 13.2. The summed E-state index contributed by atoms with van der Waals surface area (Å²) < 4.78 is 5.52. The van der Waals surface area contributed by atoms with Gasteiger partial charge in [0.15, 0.2) is 0 Å². The molecule has 1 saturated heterocycles. The van der Waals surface area contributed by atoms with Crippen molar-refractivity contribution in [2.24, 2.45) is 4.99 Å². The molecule has 1 amide bonds. The molecule has 2 aliphatic heterocycles. The third kappa shape index (κ3) is 5.49. The summed E-state index contributed by atoms with van der Waals surface area (Å²) in [4.78, 5) is 31.1. The van der Waals surface area contributed by atoms with Crippen molar-refractivity contribution in [3.8, 4) is 11.1 Å². The molecule has 0 unspecified atom stereocenters. The molecule has 1 fully saturated rings. The van der Waals surface area contributed by atoms with Crippen LogP contribution in [0.25, 0.3) is 11.1 Å². The normalized spacial score (nSPS) is 15.7. The first-order valence-electron chi connectivity index (χ1n) is 13.2. The van der Waals surface area contributed by atoms with Crippen molar-refractivity contribution in [3.63, 3.8) is 0 Å². The van der Waals surface area contributed by atoms with Gasteiger partial charge in [0, 0.05) is 25.1 Å². The summed E-state index contributed by atoms with van der Waals surface area (Å²) in [5.74, 6) is -0.573. The zero-order valence-corrected chi connectivity index (χ0v) is 22.5. The number of aryl methyl sites for hydroxylation is 1. The molecule has 6 nitrogen and oxygen atoms in total. The minimum atomic E-state index is -0.939. The summed E-state index contributed by atoms with van der Waals surface area (Å²) in [7, 11) is 0. The van der Waals surface area contributed by atoms with Crippen LogP contribution in [0.4, 0.5) is 10.5 Å². The lowest BCUT2D eigenvalue weighted by Crippen LogP contribution is -2.41. The second-order valence-electron chi connectivity index (χ2n) is 11.3. The van der Waals surface area contributed by atoms with Gasteiger partial charge in [0.2, 0.25) is 0 Å². The van der Waals surface area contributed by atoms with Gasteiger partial charge in [-0.25, -0.2) is 9.59 Å². The molecule has 1 N–H and O–H groups in total. The van der Waals surface area contributed by atoms with Crippen LogP contribution in [0.15, 0.2) is 65.7 Å². The second-order valence-corrected chi connectivity index (χ2v) is 11.3. The van der Waals surface area contributed by atoms with Gasteiger partial charge in [-0.15, -0.1) is 0 Å². The van der Waals surface area contributed by atoms with E-state index in [2.05, 4.69) is 55.5 Å². The summed E-state index contributed by atoms with van der Waals surface area (Å²) in [6, 6.07) is 20.1. The highest BCUT2D eigenvalue weighted by atomic mass is 16.6. The fraction of sp³-hybridized carbons (Fsp3) is 0.344. The lowest BCUT2D eigenvalue weighted by atomic mass is 9.88. The van der Waals surface area contributed by atoms with Crippen LogP contribution >= 0.6 is 0 Å². The largest absolute Gasteiger partial charge is 0.478 e. The molecular formula is C32H34N2O4. The Bertz CT molecular complexity index is 1390. The summed E-state index contributed by atoms with van der Waals surface area (Å²) in [6.45, 7) is 9.05. The molecule has 6 heteroatoms. The molecule has 2 aliphatic rings. The second kappa shape index (κ2) is 10.1. The first-order chi connectivity index (χ1) is 18.1. The SMILES string of the molecule is Cc1ccc(C2=Nc3c(cc(C(=O)O)cc3-c3ccc(C4CCN(C(=O)OC(C)(C)C)CC4)cc3)C2)cc1. The number of rotatable bonds is 4. The van der Waals surface area contributed by atoms with Crippen LogP contribution in [-0.4, -0.2) is 46.5 Å². The molecule has 0 aliphatic carbocycles. The number of amides is 1. The van der Waals surface area contributed by atoms with Crippen molar-refractivity contribution >= 4 is 23.5 Å². The molecule has 38 heavy (non-hydrogen) atoms. The highest BCUT2D eigenvalue weighted by Gasteiger charge is 2.28. The maximum Gasteiger partial charge on any atom is 0.410 e. The number of carbonyl (C=O) groups is 2. The standard InChI is InChI=1S/C32H34N2O4/c1-20-5-7-24(8-6-20)28-19-25-17-26(30(35)36)18-27(29(25)33-28)23-11-9-21(10-12-23)22-13-15-34(16-14-22)31(37)38-32(2,3)4/h5-12,17-18,22H,13-16,19H2,1-4H3,(H,35,36). The Morgan fingerprint density at radius 1 is 0.947 bits per heavy atom. The van der Waals surface area contributed by atoms with Crippen LogP contribution in [0, 0.1) is 6.92 Å². The number of likely N-dealkylation sites (tertiary alicyclic amines) is 1. The Morgan fingerprint density at radius 3 is 2.18 bits per heavy atom. The summed E-state index contributed by atoms with van der Waals surface area (Å²) >= 11 is 0. The number of hydrogen-bond acceptors (Lipinski definition) is 4. The molecule has 0 atom stereocenters. The van der Waals surface area contributed by atoms with Crippen molar-refractivity contribution in [1.82, 2.24) is 4.90 Å². The van der Waals surface area contributed by atoms with E-state index >= 15 is 0 Å². The molecule has 0 saturated carbocycles. The van der Waals surface area contributed by atoms with Gasteiger partial charge in [0.1, 0.15) is 5.60 Å². The van der Waals surface area contributed by atoms with E-state index in [1.165, 1.54) is 11.1 Å². The number of piperidine rings is 1. The quantitative estimate of drug-likeness (QED) is 0.404. The van der Waals surface area contributed by atoms with Crippen molar-refractivity contribution < 1.29 is 19.4 Å². The maximum absolute atomic E-state index is 12.4. The van der Waals surface area contributed by atoms with Gasteiger partial charge in [-0.1, -0.05) is 54.1 Å². The number of hydrogen-bond donors (Lipinski definition) is 1. The van der Waals surface area contributed by atoms with E-state index < -0.39 is 11.6 Å². The van der Waals surface area contributed by atoms with Crippen LogP contribution in [0.1, 0.15) is 72.1 Å². The topological polar surface area (TPSA) is 79.2 Å². The molecule has 196 valence electrons.